The van der Waals surface area contributed by atoms with E-state index < -0.39 is 0 Å². The van der Waals surface area contributed by atoms with Gasteiger partial charge in [0.05, 0.1) is 5.54 Å². The van der Waals surface area contributed by atoms with E-state index in [9.17, 15) is 9.18 Å². The molecular weight excluding hydrogens is 427 g/mol. The first-order chi connectivity index (χ1) is 16.6. The zero-order valence-corrected chi connectivity index (χ0v) is 20.1. The number of likely N-dealkylation sites (tertiary alicyclic amines) is 1. The molecule has 1 saturated carbocycles. The first kappa shape index (κ1) is 23.2. The van der Waals surface area contributed by atoms with Gasteiger partial charge >= 0.3 is 6.03 Å². The predicted octanol–water partition coefficient (Wildman–Crippen LogP) is 5.57. The highest BCUT2D eigenvalue weighted by molar-refractivity contribution is 5.90. The Bertz CT molecular complexity index is 969. The van der Waals surface area contributed by atoms with Gasteiger partial charge < -0.3 is 15.5 Å². The van der Waals surface area contributed by atoms with Gasteiger partial charge in [-0.3, -0.25) is 4.90 Å². The van der Waals surface area contributed by atoms with E-state index in [-0.39, 0.29) is 17.4 Å². The lowest BCUT2D eigenvalue weighted by Gasteiger charge is -2.46. The first-order valence-electron chi connectivity index (χ1n) is 13.0. The number of amides is 2. The van der Waals surface area contributed by atoms with E-state index in [0.29, 0.717) is 6.04 Å². The van der Waals surface area contributed by atoms with Crippen LogP contribution in [0.4, 0.5) is 20.6 Å². The van der Waals surface area contributed by atoms with Crippen molar-refractivity contribution in [2.75, 3.05) is 36.4 Å². The topological polar surface area (TPSA) is 47.6 Å². The quantitative estimate of drug-likeness (QED) is 0.563. The van der Waals surface area contributed by atoms with Crippen molar-refractivity contribution < 1.29 is 9.18 Å². The highest BCUT2D eigenvalue weighted by atomic mass is 19.1. The second-order valence-electron chi connectivity index (χ2n) is 10.4. The molecule has 2 saturated heterocycles. The Balaban J connectivity index is 1.18. The van der Waals surface area contributed by atoms with Crippen LogP contribution in [0, 0.1) is 5.82 Å². The van der Waals surface area contributed by atoms with Gasteiger partial charge in [0.1, 0.15) is 5.82 Å². The summed E-state index contributed by atoms with van der Waals surface area (Å²) in [6.07, 6.45) is 10.2. The van der Waals surface area contributed by atoms with Gasteiger partial charge in [-0.25, -0.2) is 9.18 Å². The zero-order chi connectivity index (χ0) is 23.4. The molecule has 182 valence electrons. The van der Waals surface area contributed by atoms with Crippen molar-refractivity contribution in [1.29, 1.82) is 0 Å². The van der Waals surface area contributed by atoms with Crippen molar-refractivity contribution in [3.8, 4) is 0 Å². The number of carbonyl (C=O) groups excluding carboxylic acids is 1. The molecule has 2 aromatic carbocycles. The molecule has 1 aliphatic carbocycles. The second kappa shape index (κ2) is 10.3. The summed E-state index contributed by atoms with van der Waals surface area (Å²) in [6, 6.07) is 15.5. The summed E-state index contributed by atoms with van der Waals surface area (Å²) in [7, 11) is 0. The monoisotopic (exact) mass is 464 g/mol. The maximum absolute atomic E-state index is 13.3. The van der Waals surface area contributed by atoms with Crippen LogP contribution < -0.4 is 15.5 Å². The van der Waals surface area contributed by atoms with Crippen LogP contribution in [0.5, 0.6) is 0 Å². The summed E-state index contributed by atoms with van der Waals surface area (Å²) in [6.45, 7) is 4.14. The summed E-state index contributed by atoms with van der Waals surface area (Å²) in [5.41, 5.74) is 3.07. The molecule has 34 heavy (non-hydrogen) atoms. The van der Waals surface area contributed by atoms with E-state index in [1.165, 1.54) is 36.9 Å². The molecule has 1 unspecified atom stereocenters. The Morgan fingerprint density at radius 2 is 1.76 bits per heavy atom. The van der Waals surface area contributed by atoms with Crippen LogP contribution in [0.3, 0.4) is 0 Å². The number of anilines is 2. The number of benzene rings is 2. The fourth-order valence-corrected chi connectivity index (χ4v) is 5.88. The van der Waals surface area contributed by atoms with Crippen molar-refractivity contribution in [3.63, 3.8) is 0 Å². The summed E-state index contributed by atoms with van der Waals surface area (Å²) < 4.78 is 13.3. The SMILES string of the molecule is O=C(Nc1cccc(N2CCCCC2)c1)NC1(CN2CCCC2Cc2ccc(F)cc2)CCC1. The lowest BCUT2D eigenvalue weighted by molar-refractivity contribution is 0.109. The normalized spacial score (nSPS) is 22.3. The van der Waals surface area contributed by atoms with E-state index in [0.717, 1.165) is 64.0 Å². The maximum atomic E-state index is 13.3. The molecule has 3 fully saturated rings. The molecule has 2 amide bonds. The largest absolute Gasteiger partial charge is 0.371 e. The van der Waals surface area contributed by atoms with Gasteiger partial charge in [0, 0.05) is 37.1 Å². The van der Waals surface area contributed by atoms with E-state index in [1.807, 2.05) is 24.3 Å². The van der Waals surface area contributed by atoms with Crippen LogP contribution in [0.2, 0.25) is 0 Å². The highest BCUT2D eigenvalue weighted by Gasteiger charge is 2.42. The summed E-state index contributed by atoms with van der Waals surface area (Å²) >= 11 is 0. The molecule has 2 aromatic rings. The molecular formula is C28H37FN4O. The third-order valence-electron chi connectivity index (χ3n) is 7.90. The van der Waals surface area contributed by atoms with E-state index in [2.05, 4.69) is 32.6 Å². The number of carbonyl (C=O) groups is 1. The van der Waals surface area contributed by atoms with Gasteiger partial charge in [0.15, 0.2) is 0 Å². The summed E-state index contributed by atoms with van der Waals surface area (Å²) in [4.78, 5) is 17.9. The van der Waals surface area contributed by atoms with Crippen LogP contribution in [-0.4, -0.2) is 48.7 Å². The molecule has 3 aliphatic rings. The number of nitrogens with one attached hydrogen (secondary N) is 2. The molecule has 2 aliphatic heterocycles. The Kier molecular flexibility index (Phi) is 7.05. The lowest BCUT2D eigenvalue weighted by Crippen LogP contribution is -2.61. The van der Waals surface area contributed by atoms with Gasteiger partial charge in [-0.05, 0) is 100 Å². The van der Waals surface area contributed by atoms with E-state index in [4.69, 9.17) is 0 Å². The van der Waals surface area contributed by atoms with Crippen molar-refractivity contribution in [2.45, 2.75) is 69.4 Å². The number of nitrogens with zero attached hydrogens (tertiary/aromatic N) is 2. The third kappa shape index (κ3) is 5.54. The fraction of sp³-hybridized carbons (Fsp3) is 0.536. The average molecular weight is 465 g/mol. The lowest BCUT2D eigenvalue weighted by atomic mass is 9.76. The molecule has 0 spiro atoms. The summed E-state index contributed by atoms with van der Waals surface area (Å²) in [5.74, 6) is -0.183. The minimum absolute atomic E-state index is 0.107. The van der Waals surface area contributed by atoms with Crippen molar-refractivity contribution in [3.05, 3.63) is 59.9 Å². The fourth-order valence-electron chi connectivity index (χ4n) is 5.88. The second-order valence-corrected chi connectivity index (χ2v) is 10.4. The number of rotatable bonds is 7. The van der Waals surface area contributed by atoms with Crippen molar-refractivity contribution in [1.82, 2.24) is 10.2 Å². The standard InChI is InChI=1S/C28H37FN4O/c29-23-12-10-22(11-13-23)19-25-9-5-18-33(25)21-28(14-6-15-28)31-27(34)30-24-7-4-8-26(20-24)32-16-2-1-3-17-32/h4,7-8,10-13,20,25H,1-3,5-6,9,14-19,21H2,(H2,30,31,34). The third-order valence-corrected chi connectivity index (χ3v) is 7.90. The van der Waals surface area contributed by atoms with Gasteiger partial charge in [-0.15, -0.1) is 0 Å². The molecule has 5 rings (SSSR count). The minimum Gasteiger partial charge on any atom is -0.371 e. The molecule has 1 atom stereocenters. The van der Waals surface area contributed by atoms with Crippen LogP contribution in [0.25, 0.3) is 0 Å². The Hall–Kier alpha value is -2.60. The predicted molar refractivity (Wildman–Crippen MR) is 136 cm³/mol. The molecule has 2 N–H and O–H groups in total. The van der Waals surface area contributed by atoms with Gasteiger partial charge in [0.2, 0.25) is 0 Å². The molecule has 6 heteroatoms. The van der Waals surface area contributed by atoms with Gasteiger partial charge in [0.25, 0.3) is 0 Å². The Morgan fingerprint density at radius 3 is 2.50 bits per heavy atom. The van der Waals surface area contributed by atoms with E-state index in [1.54, 1.807) is 12.1 Å². The smallest absolute Gasteiger partial charge is 0.319 e. The number of urea groups is 1. The average Bonchev–Trinajstić information content (AvgIpc) is 3.26. The van der Waals surface area contributed by atoms with E-state index >= 15 is 0 Å². The molecule has 0 bridgehead atoms. The molecule has 2 heterocycles. The Labute approximate surface area is 202 Å². The molecule has 0 aromatic heterocycles. The van der Waals surface area contributed by atoms with Gasteiger partial charge in [-0.2, -0.15) is 0 Å². The minimum atomic E-state index is -0.183. The number of hydrogen-bond acceptors (Lipinski definition) is 3. The number of halogens is 1. The van der Waals surface area contributed by atoms with Gasteiger partial charge in [-0.1, -0.05) is 18.2 Å². The molecule has 0 radical (unpaired) electrons. The highest BCUT2D eigenvalue weighted by Crippen LogP contribution is 2.35. The summed E-state index contributed by atoms with van der Waals surface area (Å²) in [5, 5.41) is 6.44. The first-order valence-corrected chi connectivity index (χ1v) is 13.0. The number of hydrogen-bond donors (Lipinski definition) is 2. The zero-order valence-electron chi connectivity index (χ0n) is 20.1. The van der Waals surface area contributed by atoms with Crippen molar-refractivity contribution >= 4 is 17.4 Å². The maximum Gasteiger partial charge on any atom is 0.319 e. The van der Waals surface area contributed by atoms with Crippen LogP contribution in [0.15, 0.2) is 48.5 Å². The van der Waals surface area contributed by atoms with Crippen LogP contribution in [-0.2, 0) is 6.42 Å². The molecule has 5 nitrogen and oxygen atoms in total. The van der Waals surface area contributed by atoms with Crippen LogP contribution >= 0.6 is 0 Å². The van der Waals surface area contributed by atoms with Crippen molar-refractivity contribution in [2.24, 2.45) is 0 Å². The number of piperidine rings is 1. The Morgan fingerprint density at radius 1 is 0.971 bits per heavy atom. The van der Waals surface area contributed by atoms with Crippen LogP contribution in [0.1, 0.15) is 56.9 Å².